The van der Waals surface area contributed by atoms with Crippen LogP contribution in [0.15, 0.2) is 23.3 Å². The Bertz CT molecular complexity index is 333. The van der Waals surface area contributed by atoms with Gasteiger partial charge in [-0.15, -0.1) is 0 Å². The number of carbonyl (C=O) groups is 1. The summed E-state index contributed by atoms with van der Waals surface area (Å²) in [5.74, 6) is 0. The maximum Gasteiger partial charge on any atom is 0.408 e. The van der Waals surface area contributed by atoms with Crippen LogP contribution in [0.5, 0.6) is 0 Å². The lowest BCUT2D eigenvalue weighted by atomic mass is 10.1. The van der Waals surface area contributed by atoms with Gasteiger partial charge in [-0.3, -0.25) is 4.90 Å². The van der Waals surface area contributed by atoms with Crippen LogP contribution in [-0.2, 0) is 0 Å². The van der Waals surface area contributed by atoms with Gasteiger partial charge in [-0.1, -0.05) is 12.2 Å². The van der Waals surface area contributed by atoms with Crippen molar-refractivity contribution >= 4 is 6.09 Å². The molecule has 0 saturated carbocycles. The number of nitrogens with zero attached hydrogens (tertiary/aromatic N) is 1. The Morgan fingerprint density at radius 3 is 2.80 bits per heavy atom. The molecule has 0 aromatic rings. The molecule has 82 valence electrons. The molecule has 4 heteroatoms. The fraction of sp³-hybridized carbons (Fsp3) is 0.545. The van der Waals surface area contributed by atoms with E-state index in [0.29, 0.717) is 6.54 Å². The first-order chi connectivity index (χ1) is 7.22. The van der Waals surface area contributed by atoms with E-state index in [2.05, 4.69) is 6.08 Å². The summed E-state index contributed by atoms with van der Waals surface area (Å²) in [6, 6.07) is -0.362. The quantitative estimate of drug-likeness (QED) is 0.722. The van der Waals surface area contributed by atoms with Crippen LogP contribution in [0.4, 0.5) is 4.79 Å². The Hall–Kier alpha value is -1.29. The molecular formula is C11H15NO3. The second-order valence-corrected chi connectivity index (χ2v) is 3.97. The van der Waals surface area contributed by atoms with Crippen LogP contribution in [0.25, 0.3) is 0 Å². The highest BCUT2D eigenvalue weighted by Gasteiger charge is 2.29. The van der Waals surface area contributed by atoms with Gasteiger partial charge in [0.05, 0.1) is 12.6 Å². The van der Waals surface area contributed by atoms with E-state index in [1.54, 1.807) is 0 Å². The first kappa shape index (κ1) is 10.2. The largest absolute Gasteiger partial charge is 0.465 e. The van der Waals surface area contributed by atoms with E-state index in [1.807, 2.05) is 6.08 Å². The fourth-order valence-electron chi connectivity index (χ4n) is 2.21. The molecule has 15 heavy (non-hydrogen) atoms. The number of aliphatic hydroxyl groups is 1. The van der Waals surface area contributed by atoms with E-state index in [-0.39, 0.29) is 12.6 Å². The van der Waals surface area contributed by atoms with Gasteiger partial charge in [0.1, 0.15) is 0 Å². The predicted octanol–water partition coefficient (Wildman–Crippen LogP) is 1.38. The summed E-state index contributed by atoms with van der Waals surface area (Å²) in [6.45, 7) is 0.287. The van der Waals surface area contributed by atoms with Crippen molar-refractivity contribution in [1.82, 2.24) is 4.90 Å². The monoisotopic (exact) mass is 209 g/mol. The topological polar surface area (TPSA) is 60.8 Å². The lowest BCUT2D eigenvalue weighted by molar-refractivity contribution is 0.124. The average molecular weight is 209 g/mol. The van der Waals surface area contributed by atoms with Crippen LogP contribution in [0.3, 0.4) is 0 Å². The summed E-state index contributed by atoms with van der Waals surface area (Å²) in [6.07, 6.45) is 6.38. The highest BCUT2D eigenvalue weighted by molar-refractivity contribution is 5.68. The molecule has 1 aliphatic heterocycles. The van der Waals surface area contributed by atoms with E-state index in [4.69, 9.17) is 10.2 Å². The van der Waals surface area contributed by atoms with E-state index in [9.17, 15) is 4.79 Å². The summed E-state index contributed by atoms with van der Waals surface area (Å²) in [5.41, 5.74) is 2.34. The number of aliphatic hydroxyl groups excluding tert-OH is 1. The zero-order valence-electron chi connectivity index (χ0n) is 8.52. The molecule has 2 aliphatic rings. The van der Waals surface area contributed by atoms with Gasteiger partial charge in [-0.2, -0.15) is 0 Å². The van der Waals surface area contributed by atoms with Gasteiger partial charge in [-0.05, 0) is 30.4 Å². The molecule has 2 N–H and O–H groups in total. The Morgan fingerprint density at radius 2 is 2.33 bits per heavy atom. The second kappa shape index (κ2) is 4.06. The standard InChI is InChI=1S/C11H15NO3/c13-7-10-5-9(6-12(10)11(14)15)8-3-1-2-4-8/h3,5,10,13H,1-2,4,6-7H2,(H,14,15)/t10-/m0/s1. The molecule has 1 aliphatic carbocycles. The second-order valence-electron chi connectivity index (χ2n) is 3.97. The zero-order chi connectivity index (χ0) is 10.8. The van der Waals surface area contributed by atoms with Gasteiger partial charge >= 0.3 is 6.09 Å². The molecule has 2 rings (SSSR count). The number of rotatable bonds is 2. The van der Waals surface area contributed by atoms with Crippen LogP contribution in [0.2, 0.25) is 0 Å². The Labute approximate surface area is 88.5 Å². The summed E-state index contributed by atoms with van der Waals surface area (Å²) >= 11 is 0. The highest BCUT2D eigenvalue weighted by Crippen LogP contribution is 2.29. The summed E-state index contributed by atoms with van der Waals surface area (Å²) in [4.78, 5) is 12.2. The van der Waals surface area contributed by atoms with Crippen molar-refractivity contribution in [3.63, 3.8) is 0 Å². The Balaban J connectivity index is 2.13. The maximum absolute atomic E-state index is 10.9. The maximum atomic E-state index is 10.9. The van der Waals surface area contributed by atoms with Crippen molar-refractivity contribution in [3.8, 4) is 0 Å². The molecule has 0 saturated heterocycles. The Morgan fingerprint density at radius 1 is 1.53 bits per heavy atom. The Kier molecular flexibility index (Phi) is 2.77. The van der Waals surface area contributed by atoms with E-state index >= 15 is 0 Å². The predicted molar refractivity (Wildman–Crippen MR) is 55.6 cm³/mol. The molecule has 0 aromatic carbocycles. The van der Waals surface area contributed by atoms with Crippen LogP contribution < -0.4 is 0 Å². The minimum atomic E-state index is -0.959. The summed E-state index contributed by atoms with van der Waals surface area (Å²) in [5, 5.41) is 18.0. The van der Waals surface area contributed by atoms with Crippen LogP contribution in [0, 0.1) is 0 Å². The average Bonchev–Trinajstić information content (AvgIpc) is 2.86. The van der Waals surface area contributed by atoms with Gasteiger partial charge in [-0.25, -0.2) is 4.79 Å². The molecule has 0 bridgehead atoms. The van der Waals surface area contributed by atoms with Gasteiger partial charge < -0.3 is 10.2 Å². The number of hydrogen-bond donors (Lipinski definition) is 2. The van der Waals surface area contributed by atoms with Gasteiger partial charge in [0.15, 0.2) is 0 Å². The lowest BCUT2D eigenvalue weighted by Crippen LogP contribution is -2.37. The van der Waals surface area contributed by atoms with Crippen molar-refractivity contribution in [3.05, 3.63) is 23.3 Å². The normalized spacial score (nSPS) is 25.4. The first-order valence-corrected chi connectivity index (χ1v) is 5.23. The summed E-state index contributed by atoms with van der Waals surface area (Å²) < 4.78 is 0. The van der Waals surface area contributed by atoms with Crippen LogP contribution in [0.1, 0.15) is 19.3 Å². The van der Waals surface area contributed by atoms with Crippen LogP contribution >= 0.6 is 0 Å². The molecule has 0 unspecified atom stereocenters. The van der Waals surface area contributed by atoms with Gasteiger partial charge in [0, 0.05) is 6.54 Å². The minimum Gasteiger partial charge on any atom is -0.465 e. The molecule has 0 aromatic heterocycles. The third-order valence-corrected chi connectivity index (χ3v) is 3.02. The molecule has 4 nitrogen and oxygen atoms in total. The number of amides is 1. The van der Waals surface area contributed by atoms with Crippen LogP contribution in [-0.4, -0.2) is 40.4 Å². The van der Waals surface area contributed by atoms with E-state index in [0.717, 1.165) is 24.8 Å². The van der Waals surface area contributed by atoms with E-state index < -0.39 is 6.09 Å². The molecule has 0 fully saturated rings. The van der Waals surface area contributed by atoms with Crippen molar-refractivity contribution in [2.75, 3.05) is 13.2 Å². The zero-order valence-corrected chi connectivity index (χ0v) is 8.52. The molecule has 1 amide bonds. The number of carboxylic acid groups (broad SMARTS) is 1. The molecule has 0 radical (unpaired) electrons. The van der Waals surface area contributed by atoms with Gasteiger partial charge in [0.25, 0.3) is 0 Å². The van der Waals surface area contributed by atoms with Crippen molar-refractivity contribution in [1.29, 1.82) is 0 Å². The highest BCUT2D eigenvalue weighted by atomic mass is 16.4. The molecule has 1 heterocycles. The van der Waals surface area contributed by atoms with Crippen molar-refractivity contribution in [2.24, 2.45) is 0 Å². The number of hydrogen-bond acceptors (Lipinski definition) is 2. The van der Waals surface area contributed by atoms with E-state index in [1.165, 1.54) is 10.5 Å². The SMILES string of the molecule is O=C(O)N1CC(C2=CCCC2)=C[C@H]1CO. The number of allylic oxidation sites excluding steroid dienone is 1. The molecule has 1 atom stereocenters. The third-order valence-electron chi connectivity index (χ3n) is 3.02. The third kappa shape index (κ3) is 1.90. The first-order valence-electron chi connectivity index (χ1n) is 5.23. The molecule has 0 spiro atoms. The fourth-order valence-corrected chi connectivity index (χ4v) is 2.21. The smallest absolute Gasteiger partial charge is 0.408 e. The van der Waals surface area contributed by atoms with Crippen molar-refractivity contribution < 1.29 is 15.0 Å². The molecular weight excluding hydrogens is 194 g/mol. The minimum absolute atomic E-state index is 0.136. The van der Waals surface area contributed by atoms with Crippen molar-refractivity contribution in [2.45, 2.75) is 25.3 Å². The summed E-state index contributed by atoms with van der Waals surface area (Å²) in [7, 11) is 0. The lowest BCUT2D eigenvalue weighted by Gasteiger charge is -2.19. The van der Waals surface area contributed by atoms with Gasteiger partial charge in [0.2, 0.25) is 0 Å².